The van der Waals surface area contributed by atoms with Crippen LogP contribution < -0.4 is 14.8 Å². The first-order valence-electron chi connectivity index (χ1n) is 5.38. The van der Waals surface area contributed by atoms with E-state index in [-0.39, 0.29) is 12.7 Å². The first-order valence-corrected chi connectivity index (χ1v) is 6.32. The molecular formula is C12H10N2O3S. The van der Waals surface area contributed by atoms with Crippen molar-refractivity contribution in [3.63, 3.8) is 0 Å². The second kappa shape index (κ2) is 4.66. The highest BCUT2D eigenvalue weighted by Crippen LogP contribution is 2.32. The Morgan fingerprint density at radius 3 is 3.11 bits per heavy atom. The Morgan fingerprint density at radius 1 is 1.39 bits per heavy atom. The van der Waals surface area contributed by atoms with Crippen LogP contribution >= 0.6 is 11.3 Å². The minimum atomic E-state index is -0.172. The van der Waals surface area contributed by atoms with Gasteiger partial charge in [0.25, 0.3) is 5.91 Å². The summed E-state index contributed by atoms with van der Waals surface area (Å²) >= 11 is 1.40. The van der Waals surface area contributed by atoms with Gasteiger partial charge in [-0.3, -0.25) is 4.79 Å². The summed E-state index contributed by atoms with van der Waals surface area (Å²) in [6.45, 7) is 0.691. The first kappa shape index (κ1) is 11.0. The second-order valence-electron chi connectivity index (χ2n) is 3.74. The number of amides is 1. The Bertz CT molecular complexity index is 569. The van der Waals surface area contributed by atoms with Gasteiger partial charge in [0.05, 0.1) is 5.51 Å². The van der Waals surface area contributed by atoms with Gasteiger partial charge in [-0.25, -0.2) is 4.98 Å². The van der Waals surface area contributed by atoms with Crippen molar-refractivity contribution >= 4 is 17.2 Å². The Morgan fingerprint density at radius 2 is 2.28 bits per heavy atom. The second-order valence-corrected chi connectivity index (χ2v) is 4.46. The van der Waals surface area contributed by atoms with Crippen LogP contribution in [0.2, 0.25) is 0 Å². The van der Waals surface area contributed by atoms with Crippen LogP contribution in [0.3, 0.4) is 0 Å². The number of hydrogen-bond acceptors (Lipinski definition) is 5. The number of carbonyl (C=O) groups excluding carboxylic acids is 1. The average Bonchev–Trinajstić information content (AvgIpc) is 3.05. The molecule has 1 aliphatic heterocycles. The van der Waals surface area contributed by atoms with E-state index in [0.717, 1.165) is 17.1 Å². The molecule has 1 aliphatic rings. The summed E-state index contributed by atoms with van der Waals surface area (Å²) < 4.78 is 10.5. The highest BCUT2D eigenvalue weighted by atomic mass is 32.1. The smallest absolute Gasteiger partial charge is 0.271 e. The number of nitrogens with zero attached hydrogens (tertiary/aromatic N) is 1. The van der Waals surface area contributed by atoms with Gasteiger partial charge < -0.3 is 14.8 Å². The topological polar surface area (TPSA) is 60.5 Å². The van der Waals surface area contributed by atoms with E-state index >= 15 is 0 Å². The molecule has 92 valence electrons. The molecule has 1 N–H and O–H groups in total. The lowest BCUT2D eigenvalue weighted by molar-refractivity contribution is 0.0946. The summed E-state index contributed by atoms with van der Waals surface area (Å²) in [6, 6.07) is 5.60. The van der Waals surface area contributed by atoms with E-state index in [1.807, 2.05) is 18.2 Å². The van der Waals surface area contributed by atoms with Gasteiger partial charge in [-0.05, 0) is 17.7 Å². The van der Waals surface area contributed by atoms with Crippen molar-refractivity contribution in [2.24, 2.45) is 0 Å². The number of aromatic nitrogens is 1. The van der Waals surface area contributed by atoms with Crippen LogP contribution in [0.25, 0.3) is 0 Å². The molecule has 0 saturated heterocycles. The van der Waals surface area contributed by atoms with E-state index in [1.165, 1.54) is 11.3 Å². The molecular weight excluding hydrogens is 252 g/mol. The Labute approximate surface area is 107 Å². The number of carbonyl (C=O) groups is 1. The Balaban J connectivity index is 1.65. The molecule has 5 nitrogen and oxygen atoms in total. The third-order valence-electron chi connectivity index (χ3n) is 2.56. The van der Waals surface area contributed by atoms with Gasteiger partial charge in [0.1, 0.15) is 5.69 Å². The van der Waals surface area contributed by atoms with Crippen molar-refractivity contribution in [3.8, 4) is 11.5 Å². The number of nitrogens with one attached hydrogen (secondary N) is 1. The van der Waals surface area contributed by atoms with Gasteiger partial charge in [0.2, 0.25) is 6.79 Å². The number of benzene rings is 1. The first-order chi connectivity index (χ1) is 8.83. The third kappa shape index (κ3) is 2.14. The Kier molecular flexibility index (Phi) is 2.85. The molecule has 0 radical (unpaired) electrons. The fraction of sp³-hybridized carbons (Fsp3) is 0.167. The van der Waals surface area contributed by atoms with E-state index in [1.54, 1.807) is 10.9 Å². The van der Waals surface area contributed by atoms with Crippen molar-refractivity contribution in [2.45, 2.75) is 6.54 Å². The summed E-state index contributed by atoms with van der Waals surface area (Å²) in [5.74, 6) is 1.29. The van der Waals surface area contributed by atoms with Crippen molar-refractivity contribution in [1.29, 1.82) is 0 Å². The molecule has 0 unspecified atom stereocenters. The largest absolute Gasteiger partial charge is 0.454 e. The summed E-state index contributed by atoms with van der Waals surface area (Å²) in [5, 5.41) is 4.52. The van der Waals surface area contributed by atoms with Gasteiger partial charge >= 0.3 is 0 Å². The van der Waals surface area contributed by atoms with Crippen LogP contribution in [0.4, 0.5) is 0 Å². The number of rotatable bonds is 3. The fourth-order valence-electron chi connectivity index (χ4n) is 1.65. The zero-order valence-corrected chi connectivity index (χ0v) is 10.2. The number of ether oxygens (including phenoxy) is 2. The van der Waals surface area contributed by atoms with Crippen molar-refractivity contribution in [3.05, 3.63) is 40.3 Å². The third-order valence-corrected chi connectivity index (χ3v) is 3.14. The van der Waals surface area contributed by atoms with Gasteiger partial charge in [-0.1, -0.05) is 6.07 Å². The van der Waals surface area contributed by atoms with Crippen LogP contribution in [0.15, 0.2) is 29.1 Å². The van der Waals surface area contributed by atoms with Gasteiger partial charge in [-0.15, -0.1) is 11.3 Å². The molecule has 18 heavy (non-hydrogen) atoms. The molecule has 3 rings (SSSR count). The van der Waals surface area contributed by atoms with E-state index in [2.05, 4.69) is 10.3 Å². The molecule has 0 spiro atoms. The van der Waals surface area contributed by atoms with Crippen molar-refractivity contribution < 1.29 is 14.3 Å². The lowest BCUT2D eigenvalue weighted by atomic mass is 10.2. The van der Waals surface area contributed by atoms with Crippen LogP contribution in [0, 0.1) is 0 Å². The van der Waals surface area contributed by atoms with Crippen LogP contribution in [-0.4, -0.2) is 17.7 Å². The molecule has 1 aromatic heterocycles. The molecule has 1 amide bonds. The number of fused-ring (bicyclic) bond motifs is 1. The molecule has 0 fully saturated rings. The maximum atomic E-state index is 11.7. The van der Waals surface area contributed by atoms with Crippen LogP contribution in [0.5, 0.6) is 11.5 Å². The lowest BCUT2D eigenvalue weighted by Gasteiger charge is -2.04. The molecule has 0 aliphatic carbocycles. The Hall–Kier alpha value is -2.08. The zero-order valence-electron chi connectivity index (χ0n) is 9.38. The summed E-state index contributed by atoms with van der Waals surface area (Å²) in [5.41, 5.74) is 3.04. The van der Waals surface area contributed by atoms with Gasteiger partial charge in [0.15, 0.2) is 11.5 Å². The molecule has 1 aromatic carbocycles. The zero-order chi connectivity index (χ0) is 12.4. The quantitative estimate of drug-likeness (QED) is 0.916. The SMILES string of the molecule is O=C(NCc1ccc2c(c1)OCO2)c1cscn1. The van der Waals surface area contributed by atoms with Crippen molar-refractivity contribution in [2.75, 3.05) is 6.79 Å². The van der Waals surface area contributed by atoms with Gasteiger partial charge in [-0.2, -0.15) is 0 Å². The van der Waals surface area contributed by atoms with E-state index in [0.29, 0.717) is 12.2 Å². The standard InChI is InChI=1S/C12H10N2O3S/c15-12(9-5-18-6-14-9)13-4-8-1-2-10-11(3-8)17-7-16-10/h1-3,5-6H,4,7H2,(H,13,15). The minimum Gasteiger partial charge on any atom is -0.454 e. The van der Waals surface area contributed by atoms with E-state index in [4.69, 9.17) is 9.47 Å². The summed E-state index contributed by atoms with van der Waals surface area (Å²) in [7, 11) is 0. The molecule has 2 heterocycles. The maximum Gasteiger partial charge on any atom is 0.271 e. The number of hydrogen-bond donors (Lipinski definition) is 1. The molecule has 0 saturated carbocycles. The molecule has 6 heteroatoms. The molecule has 2 aromatic rings. The van der Waals surface area contributed by atoms with E-state index < -0.39 is 0 Å². The minimum absolute atomic E-state index is 0.172. The van der Waals surface area contributed by atoms with Crippen LogP contribution in [0.1, 0.15) is 16.1 Å². The predicted octanol–water partition coefficient (Wildman–Crippen LogP) is 1.80. The summed E-state index contributed by atoms with van der Waals surface area (Å²) in [4.78, 5) is 15.6. The highest BCUT2D eigenvalue weighted by molar-refractivity contribution is 7.07. The summed E-state index contributed by atoms with van der Waals surface area (Å²) in [6.07, 6.45) is 0. The van der Waals surface area contributed by atoms with Gasteiger partial charge in [0, 0.05) is 11.9 Å². The highest BCUT2D eigenvalue weighted by Gasteiger charge is 2.13. The van der Waals surface area contributed by atoms with Crippen molar-refractivity contribution in [1.82, 2.24) is 10.3 Å². The normalized spacial score (nSPS) is 12.4. The number of thiazole rings is 1. The van der Waals surface area contributed by atoms with E-state index in [9.17, 15) is 4.79 Å². The fourth-order valence-corrected chi connectivity index (χ4v) is 2.18. The monoisotopic (exact) mass is 262 g/mol. The molecule has 0 bridgehead atoms. The lowest BCUT2D eigenvalue weighted by Crippen LogP contribution is -2.22. The van der Waals surface area contributed by atoms with Crippen LogP contribution in [-0.2, 0) is 6.54 Å². The molecule has 0 atom stereocenters. The predicted molar refractivity (Wildman–Crippen MR) is 65.8 cm³/mol. The maximum absolute atomic E-state index is 11.7. The average molecular weight is 262 g/mol.